The van der Waals surface area contributed by atoms with E-state index in [1.165, 1.54) is 222 Å². The Morgan fingerprint density at radius 3 is 0.785 bits per heavy atom. The van der Waals surface area contributed by atoms with Crippen molar-refractivity contribution in [2.45, 2.75) is 0 Å². The Balaban J connectivity index is 0.000000106. The topological polar surface area (TPSA) is 22.9 Å². The minimum absolute atomic E-state index is 0.911. The molecule has 149 heavy (non-hydrogen) atoms. The smallest absolute Gasteiger partial charge is 0.135 e. The number of para-hydroxylation sites is 1. The lowest BCUT2D eigenvalue weighted by Crippen LogP contribution is -2.11. The first-order valence-electron chi connectivity index (χ1n) is 50.5. The van der Waals surface area contributed by atoms with Crippen molar-refractivity contribution in [1.29, 1.82) is 0 Å². The van der Waals surface area contributed by atoms with Crippen LogP contribution in [0, 0.1) is 0 Å². The normalized spacial score (nSPS) is 11.8. The molecule has 4 nitrogen and oxygen atoms in total. The Bertz CT molecular complexity index is 10300. The molecule has 0 saturated heterocycles. The van der Waals surface area contributed by atoms with Gasteiger partial charge in [-0.1, -0.05) is 352 Å². The zero-order chi connectivity index (χ0) is 98.1. The number of hydrogen-bond donors (Lipinski definition) is 0. The van der Waals surface area contributed by atoms with E-state index in [-0.39, 0.29) is 0 Å². The van der Waals surface area contributed by atoms with Crippen molar-refractivity contribution in [2.24, 2.45) is 0 Å². The Hall–Kier alpha value is -17.9. The fourth-order valence-electron chi connectivity index (χ4n) is 22.8. The number of anilines is 9. The Morgan fingerprint density at radius 1 is 0.128 bits per heavy atom. The lowest BCUT2D eigenvalue weighted by Gasteiger charge is -2.29. The monoisotopic (exact) mass is 1990 g/mol. The summed E-state index contributed by atoms with van der Waals surface area (Å²) >= 11 is 9.31. The highest BCUT2D eigenvalue weighted by atomic mass is 32.1. The molecule has 0 fully saturated rings. The molecule has 9 heteroatoms. The molecule has 31 aromatic rings. The summed E-state index contributed by atoms with van der Waals surface area (Å²) in [6, 6.07) is 193. The number of nitrogens with zero attached hydrogens (tertiary/aromatic N) is 3. The molecule has 0 bridgehead atoms. The molecule has 0 amide bonds. The molecule has 0 spiro atoms. The van der Waals surface area contributed by atoms with Crippen LogP contribution in [-0.2, 0) is 0 Å². The van der Waals surface area contributed by atoms with Gasteiger partial charge >= 0.3 is 0 Å². The number of rotatable bonds is 14. The molecule has 0 aliphatic rings. The van der Waals surface area contributed by atoms with E-state index in [0.29, 0.717) is 0 Å². The van der Waals surface area contributed by atoms with Crippen LogP contribution in [0.2, 0.25) is 0 Å². The van der Waals surface area contributed by atoms with Crippen LogP contribution in [0.25, 0.3) is 232 Å². The molecule has 0 aliphatic carbocycles. The van der Waals surface area contributed by atoms with Crippen molar-refractivity contribution in [1.82, 2.24) is 0 Å². The first kappa shape index (κ1) is 87.7. The van der Waals surface area contributed by atoms with E-state index in [4.69, 9.17) is 4.42 Å². The highest BCUT2D eigenvalue weighted by Crippen LogP contribution is 2.54. The second-order valence-corrected chi connectivity index (χ2v) is 43.7. The van der Waals surface area contributed by atoms with Crippen LogP contribution in [-0.4, -0.2) is 0 Å². The zero-order valence-corrected chi connectivity index (χ0v) is 84.6. The number of hydrogen-bond acceptors (Lipinski definition) is 9. The molecule has 25 aromatic carbocycles. The standard InChI is InChI=1S/C52H33NS2.C44H27NOS.C44H27NS2/c1-3-13-34(14-4-1)37-29-38(35-15-5-2-6-16-35)31-40(30-37)53(39-24-28-52-47(33-39)45-20-10-12-22-50(45)55-52)48-26-25-41(42-17-7-8-18-43(42)48)36-23-27-51-46(32-36)44-19-9-11-21-49(44)54-51;1-2-12-32-28(10-1)11-9-17-39(32)45(30-21-25-44-38(27-30)36-16-6-8-19-43(36)47-44)40-23-22-31(33-13-3-4-14-34(33)40)29-20-24-42-37(26-29)35-15-5-7-18-41(35)46-42;1-2-12-32-28(10-1)11-9-17-39(32)45(30-21-25-44-38(27-30)36-16-6-8-19-42(36)47-44)40-23-22-31(33-13-3-4-14-34(33)40)29-20-24-43-37(26-29)35-15-5-7-18-41(35)46-43/h1-33H;2*1-27H. The van der Waals surface area contributed by atoms with Crippen LogP contribution in [0.4, 0.5) is 51.2 Å². The summed E-state index contributed by atoms with van der Waals surface area (Å²) in [6.45, 7) is 0. The summed E-state index contributed by atoms with van der Waals surface area (Å²) in [7, 11) is 0. The van der Waals surface area contributed by atoms with Gasteiger partial charge in [0.15, 0.2) is 0 Å². The van der Waals surface area contributed by atoms with Gasteiger partial charge in [0.25, 0.3) is 0 Å². The second kappa shape index (κ2) is 36.7. The van der Waals surface area contributed by atoms with E-state index in [1.54, 1.807) is 0 Å². The van der Waals surface area contributed by atoms with Crippen molar-refractivity contribution >= 4 is 285 Å². The van der Waals surface area contributed by atoms with E-state index in [1.807, 2.05) is 68.8 Å². The minimum Gasteiger partial charge on any atom is -0.456 e. The quantitative estimate of drug-likeness (QED) is 0.108. The van der Waals surface area contributed by atoms with Crippen LogP contribution in [0.1, 0.15) is 0 Å². The van der Waals surface area contributed by atoms with E-state index in [0.717, 1.165) is 61.8 Å². The van der Waals surface area contributed by atoms with Gasteiger partial charge in [-0.05, 0) is 258 Å². The molecule has 0 aliphatic heterocycles. The Morgan fingerprint density at radius 2 is 0.396 bits per heavy atom. The van der Waals surface area contributed by atoms with Crippen LogP contribution in [0.3, 0.4) is 0 Å². The molecule has 0 N–H and O–H groups in total. The summed E-state index contributed by atoms with van der Waals surface area (Å²) < 4.78 is 19.3. The number of furan rings is 1. The molecule has 31 rings (SSSR count). The Labute approximate surface area is 879 Å². The van der Waals surface area contributed by atoms with Crippen LogP contribution >= 0.6 is 56.7 Å². The van der Waals surface area contributed by atoms with Gasteiger partial charge in [0.05, 0.1) is 28.4 Å². The number of benzene rings is 25. The molecule has 0 saturated carbocycles. The van der Waals surface area contributed by atoms with Gasteiger partial charge < -0.3 is 19.1 Å². The van der Waals surface area contributed by atoms with Crippen molar-refractivity contribution in [3.8, 4) is 55.6 Å². The highest BCUT2D eigenvalue weighted by molar-refractivity contribution is 7.27. The van der Waals surface area contributed by atoms with E-state index in [2.05, 4.69) is 530 Å². The highest BCUT2D eigenvalue weighted by Gasteiger charge is 2.28. The third-order valence-corrected chi connectivity index (χ3v) is 35.5. The SMILES string of the molecule is c1ccc(-c2cc(-c3ccccc3)cc(N(c3ccc4sc5ccccc5c4c3)c3ccc(-c4ccc5sc6ccccc6c5c4)c4ccccc34)c2)cc1.c1ccc2c(N(c3ccc4sc5ccccc5c4c3)c3ccc(-c4ccc5oc6ccccc6c5c4)c4ccccc34)cccc2c1.c1ccc2c(N(c3ccc4sc5ccccc5c4c3)c3ccc(-c4ccc5sc6ccccc6c5c4)c4ccccc34)cccc2c1. The fraction of sp³-hybridized carbons (Fsp3) is 0. The van der Waals surface area contributed by atoms with Crippen molar-refractivity contribution in [3.63, 3.8) is 0 Å². The van der Waals surface area contributed by atoms with Crippen LogP contribution in [0.15, 0.2) is 532 Å². The predicted molar refractivity (Wildman–Crippen MR) is 650 cm³/mol. The maximum atomic E-state index is 6.16. The van der Waals surface area contributed by atoms with E-state index in [9.17, 15) is 0 Å². The number of thiophene rings is 5. The summed E-state index contributed by atoms with van der Waals surface area (Å²) in [6.07, 6.45) is 0. The molecule has 0 radical (unpaired) electrons. The molecule has 698 valence electrons. The van der Waals surface area contributed by atoms with Crippen molar-refractivity contribution in [2.75, 3.05) is 14.7 Å². The van der Waals surface area contributed by atoms with Gasteiger partial charge in [-0.2, -0.15) is 0 Å². The van der Waals surface area contributed by atoms with Gasteiger partial charge in [0.2, 0.25) is 0 Å². The van der Waals surface area contributed by atoms with E-state index < -0.39 is 0 Å². The third-order valence-electron chi connectivity index (χ3n) is 29.7. The first-order chi connectivity index (χ1) is 73.8. The van der Waals surface area contributed by atoms with Gasteiger partial charge in [-0.15, -0.1) is 56.7 Å². The molecule has 0 unspecified atom stereocenters. The Kier molecular flexibility index (Phi) is 21.6. The average molecular weight is 1990 g/mol. The van der Waals surface area contributed by atoms with Crippen LogP contribution in [0.5, 0.6) is 0 Å². The van der Waals surface area contributed by atoms with Gasteiger partial charge in [0.1, 0.15) is 11.2 Å². The fourth-order valence-corrected chi connectivity index (χ4v) is 28.2. The minimum atomic E-state index is 0.911. The summed E-state index contributed by atoms with van der Waals surface area (Å²) in [4.78, 5) is 7.40. The zero-order valence-electron chi connectivity index (χ0n) is 80.5. The maximum absolute atomic E-state index is 6.16. The molecular formula is C140H87N3OS5. The van der Waals surface area contributed by atoms with Crippen LogP contribution < -0.4 is 14.7 Å². The van der Waals surface area contributed by atoms with Crippen molar-refractivity contribution in [3.05, 3.63) is 528 Å². The molecule has 6 aromatic heterocycles. The molecule has 0 atom stereocenters. The second-order valence-electron chi connectivity index (χ2n) is 38.3. The lowest BCUT2D eigenvalue weighted by atomic mass is 9.94. The lowest BCUT2D eigenvalue weighted by molar-refractivity contribution is 0.669. The summed E-state index contributed by atoms with van der Waals surface area (Å²) in [5.74, 6) is 0. The molecular weight excluding hydrogens is 1900 g/mol. The average Bonchev–Trinajstić information content (AvgIpc) is 1.54. The summed E-state index contributed by atoms with van der Waals surface area (Å²) in [5.41, 5.74) is 24.2. The predicted octanol–water partition coefficient (Wildman–Crippen LogP) is 43.3. The summed E-state index contributed by atoms with van der Waals surface area (Å²) in [5, 5.41) is 27.6. The maximum Gasteiger partial charge on any atom is 0.135 e. The largest absolute Gasteiger partial charge is 0.456 e. The van der Waals surface area contributed by atoms with Gasteiger partial charge in [0, 0.05) is 161 Å². The first-order valence-corrected chi connectivity index (χ1v) is 54.6. The van der Waals surface area contributed by atoms with E-state index >= 15 is 0 Å². The molecule has 6 heterocycles. The van der Waals surface area contributed by atoms with Crippen molar-refractivity contribution < 1.29 is 4.42 Å². The third kappa shape index (κ3) is 15.4. The number of fused-ring (bicyclic) bond motifs is 23. The van der Waals surface area contributed by atoms with Gasteiger partial charge in [-0.25, -0.2) is 0 Å². The van der Waals surface area contributed by atoms with Gasteiger partial charge in [-0.3, -0.25) is 0 Å².